The number of amides is 1. The highest BCUT2D eigenvalue weighted by atomic mass is 35.5. The van der Waals surface area contributed by atoms with Crippen LogP contribution >= 0.6 is 23.4 Å². The molecular weight excluding hydrogens is 270 g/mol. The lowest BCUT2D eigenvalue weighted by atomic mass is 10.2. The lowest BCUT2D eigenvalue weighted by Crippen LogP contribution is -2.32. The Kier molecular flexibility index (Phi) is 5.51. The van der Waals surface area contributed by atoms with Crippen LogP contribution in [0.4, 0.5) is 0 Å². The first-order valence-corrected chi connectivity index (χ1v) is 6.61. The molecule has 0 N–H and O–H groups in total. The van der Waals surface area contributed by atoms with Crippen LogP contribution in [0.3, 0.4) is 0 Å². The molecule has 0 radical (unpaired) electrons. The van der Waals surface area contributed by atoms with Crippen LogP contribution < -0.4 is 0 Å². The van der Waals surface area contributed by atoms with Gasteiger partial charge in [0, 0.05) is 4.90 Å². The molecule has 0 bridgehead atoms. The van der Waals surface area contributed by atoms with Gasteiger partial charge < -0.3 is 4.90 Å². The van der Waals surface area contributed by atoms with Crippen molar-refractivity contribution in [3.05, 3.63) is 28.8 Å². The molecule has 0 aliphatic rings. The summed E-state index contributed by atoms with van der Waals surface area (Å²) < 4.78 is 0. The van der Waals surface area contributed by atoms with E-state index in [4.69, 9.17) is 22.1 Å². The second kappa shape index (κ2) is 6.90. The van der Waals surface area contributed by atoms with E-state index in [9.17, 15) is 4.79 Å². The predicted molar refractivity (Wildman–Crippen MR) is 70.4 cm³/mol. The molecule has 92 valence electrons. The maximum atomic E-state index is 12.1. The summed E-state index contributed by atoms with van der Waals surface area (Å²) in [5, 5.41) is 17.6. The van der Waals surface area contributed by atoms with Crippen molar-refractivity contribution in [2.75, 3.05) is 19.3 Å². The van der Waals surface area contributed by atoms with Gasteiger partial charge in [-0.05, 0) is 24.5 Å². The van der Waals surface area contributed by atoms with Crippen LogP contribution in [0.2, 0.25) is 5.02 Å². The lowest BCUT2D eigenvalue weighted by Gasteiger charge is -2.16. The molecule has 0 aliphatic heterocycles. The number of halogens is 1. The number of nitrogens with zero attached hydrogens (tertiary/aromatic N) is 3. The highest BCUT2D eigenvalue weighted by Gasteiger charge is 2.18. The summed E-state index contributed by atoms with van der Waals surface area (Å²) in [5.74, 6) is -0.404. The number of hydrogen-bond donors (Lipinski definition) is 0. The molecule has 4 nitrogen and oxygen atoms in total. The molecule has 1 amide bonds. The number of carbonyl (C=O) groups excluding carboxylic acids is 1. The third-order valence-corrected chi connectivity index (χ3v) is 3.27. The fraction of sp³-hybridized carbons (Fsp3) is 0.250. The van der Waals surface area contributed by atoms with Gasteiger partial charge in [-0.15, -0.1) is 11.8 Å². The van der Waals surface area contributed by atoms with Gasteiger partial charge in [-0.25, -0.2) is 0 Å². The fourth-order valence-corrected chi connectivity index (χ4v) is 1.97. The second-order valence-corrected chi connectivity index (χ2v) is 4.61. The van der Waals surface area contributed by atoms with E-state index < -0.39 is 5.91 Å². The van der Waals surface area contributed by atoms with Crippen LogP contribution in [0.15, 0.2) is 23.1 Å². The second-order valence-electron chi connectivity index (χ2n) is 3.32. The average Bonchev–Trinajstić information content (AvgIpc) is 2.38. The summed E-state index contributed by atoms with van der Waals surface area (Å²) in [4.78, 5) is 14.2. The van der Waals surface area contributed by atoms with Crippen molar-refractivity contribution in [1.82, 2.24) is 4.90 Å². The maximum absolute atomic E-state index is 12.1. The number of hydrogen-bond acceptors (Lipinski definition) is 4. The molecular formula is C12H10ClN3OS. The number of benzene rings is 1. The van der Waals surface area contributed by atoms with Crippen molar-refractivity contribution >= 4 is 29.3 Å². The highest BCUT2D eigenvalue weighted by Crippen LogP contribution is 2.24. The monoisotopic (exact) mass is 279 g/mol. The third kappa shape index (κ3) is 3.40. The largest absolute Gasteiger partial charge is 0.312 e. The summed E-state index contributed by atoms with van der Waals surface area (Å²) in [6.45, 7) is -0.265. The van der Waals surface area contributed by atoms with Crippen molar-refractivity contribution in [2.45, 2.75) is 4.90 Å². The van der Waals surface area contributed by atoms with Gasteiger partial charge in [0.25, 0.3) is 5.91 Å². The molecule has 0 aliphatic carbocycles. The minimum atomic E-state index is -0.404. The maximum Gasteiger partial charge on any atom is 0.257 e. The molecule has 0 heterocycles. The van der Waals surface area contributed by atoms with Gasteiger partial charge in [0.05, 0.1) is 22.7 Å². The molecule has 1 aromatic carbocycles. The molecule has 0 unspecified atom stereocenters. The summed E-state index contributed by atoms with van der Waals surface area (Å²) in [6, 6.07) is 8.82. The number of thioether (sulfide) groups is 1. The molecule has 6 heteroatoms. The average molecular weight is 280 g/mol. The zero-order chi connectivity index (χ0) is 13.5. The van der Waals surface area contributed by atoms with Gasteiger partial charge in [-0.3, -0.25) is 4.79 Å². The van der Waals surface area contributed by atoms with Crippen molar-refractivity contribution in [3.8, 4) is 12.1 Å². The van der Waals surface area contributed by atoms with E-state index in [1.54, 1.807) is 12.1 Å². The van der Waals surface area contributed by atoms with Crippen LogP contribution in [-0.2, 0) is 0 Å². The fourth-order valence-electron chi connectivity index (χ4n) is 1.34. The Morgan fingerprint density at radius 2 is 2.00 bits per heavy atom. The molecule has 0 spiro atoms. The SMILES string of the molecule is CSc1ccc(Cl)c(C(=O)N(CC#N)CC#N)c1. The van der Waals surface area contributed by atoms with Crippen molar-refractivity contribution < 1.29 is 4.79 Å². The minimum Gasteiger partial charge on any atom is -0.312 e. The highest BCUT2D eigenvalue weighted by molar-refractivity contribution is 7.98. The molecule has 0 atom stereocenters. The van der Waals surface area contributed by atoms with Crippen molar-refractivity contribution in [3.63, 3.8) is 0 Å². The Balaban J connectivity index is 3.08. The lowest BCUT2D eigenvalue weighted by molar-refractivity contribution is 0.0794. The van der Waals surface area contributed by atoms with E-state index in [0.717, 1.165) is 9.80 Å². The van der Waals surface area contributed by atoms with E-state index >= 15 is 0 Å². The van der Waals surface area contributed by atoms with Crippen molar-refractivity contribution in [2.24, 2.45) is 0 Å². The van der Waals surface area contributed by atoms with Gasteiger partial charge in [0.15, 0.2) is 0 Å². The minimum absolute atomic E-state index is 0.133. The Morgan fingerprint density at radius 3 is 2.50 bits per heavy atom. The summed E-state index contributed by atoms with van der Waals surface area (Å²) >= 11 is 7.46. The number of nitriles is 2. The van der Waals surface area contributed by atoms with Gasteiger partial charge in [0.2, 0.25) is 0 Å². The number of rotatable bonds is 4. The number of carbonyl (C=O) groups is 1. The molecule has 18 heavy (non-hydrogen) atoms. The molecule has 0 saturated heterocycles. The summed E-state index contributed by atoms with van der Waals surface area (Å²) in [6.07, 6.45) is 1.89. The van der Waals surface area contributed by atoms with E-state index in [1.165, 1.54) is 11.8 Å². The van der Waals surface area contributed by atoms with Crippen LogP contribution in [0, 0.1) is 22.7 Å². The Hall–Kier alpha value is -1.69. The van der Waals surface area contributed by atoms with Gasteiger partial charge in [0.1, 0.15) is 13.1 Å². The molecule has 1 aromatic rings. The van der Waals surface area contributed by atoms with Crippen LogP contribution in [0.1, 0.15) is 10.4 Å². The van der Waals surface area contributed by atoms with E-state index in [1.807, 2.05) is 24.5 Å². The van der Waals surface area contributed by atoms with Crippen LogP contribution in [0.25, 0.3) is 0 Å². The zero-order valence-electron chi connectivity index (χ0n) is 9.68. The van der Waals surface area contributed by atoms with Gasteiger partial charge >= 0.3 is 0 Å². The molecule has 0 saturated carbocycles. The topological polar surface area (TPSA) is 67.9 Å². The van der Waals surface area contributed by atoms with E-state index in [-0.39, 0.29) is 13.1 Å². The summed E-state index contributed by atoms with van der Waals surface area (Å²) in [7, 11) is 0. The normalized spacial score (nSPS) is 9.33. The standard InChI is InChI=1S/C12H10ClN3OS/c1-18-9-2-3-11(13)10(8-9)12(17)16(6-4-14)7-5-15/h2-3,8H,6-7H2,1H3. The Labute approximate surface area is 115 Å². The predicted octanol–water partition coefficient (Wildman–Crippen LogP) is 2.55. The third-order valence-electron chi connectivity index (χ3n) is 2.21. The van der Waals surface area contributed by atoms with E-state index in [0.29, 0.717) is 10.6 Å². The van der Waals surface area contributed by atoms with Crippen LogP contribution in [-0.4, -0.2) is 30.2 Å². The molecule has 0 aromatic heterocycles. The van der Waals surface area contributed by atoms with Gasteiger partial charge in [-0.2, -0.15) is 10.5 Å². The Bertz CT molecular complexity index is 517. The van der Waals surface area contributed by atoms with Crippen molar-refractivity contribution in [1.29, 1.82) is 10.5 Å². The smallest absolute Gasteiger partial charge is 0.257 e. The molecule has 0 fully saturated rings. The molecule has 1 rings (SSSR count). The Morgan fingerprint density at radius 1 is 1.39 bits per heavy atom. The summed E-state index contributed by atoms with van der Waals surface area (Å²) in [5.41, 5.74) is 0.314. The first-order valence-electron chi connectivity index (χ1n) is 5.00. The van der Waals surface area contributed by atoms with Gasteiger partial charge in [-0.1, -0.05) is 11.6 Å². The van der Waals surface area contributed by atoms with Crippen LogP contribution in [0.5, 0.6) is 0 Å². The van der Waals surface area contributed by atoms with E-state index in [2.05, 4.69) is 0 Å². The quantitative estimate of drug-likeness (QED) is 0.627. The first kappa shape index (κ1) is 14.4. The first-order chi connectivity index (χ1) is 8.63. The zero-order valence-corrected chi connectivity index (χ0v) is 11.3.